The Balaban J connectivity index is 3.30. The molecule has 82 valence electrons. The first-order chi connectivity index (χ1) is 6.66. The monoisotopic (exact) mass is 200 g/mol. The van der Waals surface area contributed by atoms with E-state index in [1.807, 2.05) is 19.1 Å². The minimum absolute atomic E-state index is 0.0155. The Hall–Kier alpha value is -0.640. The van der Waals surface area contributed by atoms with Gasteiger partial charge in [0.2, 0.25) is 0 Å². The summed E-state index contributed by atoms with van der Waals surface area (Å²) >= 11 is 0. The molecule has 0 saturated carbocycles. The van der Waals surface area contributed by atoms with Crippen LogP contribution in [-0.4, -0.2) is 37.1 Å². The molecule has 0 fully saturated rings. The van der Waals surface area contributed by atoms with Crippen LogP contribution in [-0.2, 0) is 9.47 Å². The van der Waals surface area contributed by atoms with Gasteiger partial charge >= 0.3 is 0 Å². The molecule has 0 aromatic heterocycles. The Labute approximate surface area is 86.0 Å². The summed E-state index contributed by atoms with van der Waals surface area (Å²) in [7, 11) is 0. The van der Waals surface area contributed by atoms with Crippen LogP contribution in [0.5, 0.6) is 0 Å². The molecule has 0 bridgehead atoms. The summed E-state index contributed by atoms with van der Waals surface area (Å²) in [4.78, 5) is 0. The van der Waals surface area contributed by atoms with Gasteiger partial charge in [-0.05, 0) is 13.8 Å². The normalized spacial score (nSPS) is 15.6. The Bertz CT molecular complexity index is 164. The fourth-order valence-corrected chi connectivity index (χ4v) is 0.805. The molecule has 0 aliphatic rings. The van der Waals surface area contributed by atoms with E-state index in [0.717, 1.165) is 0 Å². The van der Waals surface area contributed by atoms with E-state index in [1.165, 1.54) is 0 Å². The van der Waals surface area contributed by atoms with E-state index >= 15 is 0 Å². The quantitative estimate of drug-likeness (QED) is 0.477. The summed E-state index contributed by atoms with van der Waals surface area (Å²) in [5.41, 5.74) is 0. The van der Waals surface area contributed by atoms with Crippen molar-refractivity contribution in [1.29, 1.82) is 0 Å². The fourth-order valence-electron chi connectivity index (χ4n) is 0.805. The van der Waals surface area contributed by atoms with E-state index in [0.29, 0.717) is 19.8 Å². The second-order valence-electron chi connectivity index (χ2n) is 3.19. The number of hydrogen-bond donors (Lipinski definition) is 1. The highest BCUT2D eigenvalue weighted by Gasteiger charge is 2.03. The standard InChI is InChI=1S/C11H20O3/c1-4-5-6-7-13-9-11(3)14-8-10(2)12/h4-6,10-12H,1,7-9H2,2-3H3. The van der Waals surface area contributed by atoms with Crippen LogP contribution >= 0.6 is 0 Å². The summed E-state index contributed by atoms with van der Waals surface area (Å²) in [5, 5.41) is 8.95. The van der Waals surface area contributed by atoms with Crippen molar-refractivity contribution in [2.75, 3.05) is 19.8 Å². The van der Waals surface area contributed by atoms with Crippen molar-refractivity contribution in [3.05, 3.63) is 24.8 Å². The van der Waals surface area contributed by atoms with Gasteiger partial charge in [0.05, 0.1) is 32.0 Å². The zero-order valence-corrected chi connectivity index (χ0v) is 8.98. The molecular formula is C11H20O3. The van der Waals surface area contributed by atoms with Crippen LogP contribution in [0.2, 0.25) is 0 Å². The molecule has 3 heteroatoms. The lowest BCUT2D eigenvalue weighted by molar-refractivity contribution is -0.0320. The smallest absolute Gasteiger partial charge is 0.0781 e. The van der Waals surface area contributed by atoms with Gasteiger partial charge in [-0.25, -0.2) is 0 Å². The number of hydrogen-bond acceptors (Lipinski definition) is 3. The van der Waals surface area contributed by atoms with Gasteiger partial charge in [0.1, 0.15) is 0 Å². The Morgan fingerprint density at radius 1 is 1.36 bits per heavy atom. The lowest BCUT2D eigenvalue weighted by Gasteiger charge is -2.13. The predicted molar refractivity (Wildman–Crippen MR) is 57.3 cm³/mol. The average Bonchev–Trinajstić information content (AvgIpc) is 2.14. The van der Waals surface area contributed by atoms with Gasteiger partial charge in [-0.15, -0.1) is 0 Å². The van der Waals surface area contributed by atoms with Gasteiger partial charge in [0, 0.05) is 0 Å². The third-order valence-corrected chi connectivity index (χ3v) is 1.46. The Morgan fingerprint density at radius 3 is 2.64 bits per heavy atom. The molecule has 0 amide bonds. The van der Waals surface area contributed by atoms with Gasteiger partial charge in [0.15, 0.2) is 0 Å². The van der Waals surface area contributed by atoms with Gasteiger partial charge in [-0.3, -0.25) is 0 Å². The molecule has 0 radical (unpaired) electrons. The van der Waals surface area contributed by atoms with Crippen molar-refractivity contribution in [2.45, 2.75) is 26.1 Å². The fraction of sp³-hybridized carbons (Fsp3) is 0.636. The zero-order chi connectivity index (χ0) is 10.8. The van der Waals surface area contributed by atoms with Gasteiger partial charge in [-0.2, -0.15) is 0 Å². The summed E-state index contributed by atoms with van der Waals surface area (Å²) in [6.45, 7) is 8.61. The largest absolute Gasteiger partial charge is 0.391 e. The van der Waals surface area contributed by atoms with Crippen molar-refractivity contribution in [3.63, 3.8) is 0 Å². The maximum absolute atomic E-state index is 8.95. The summed E-state index contributed by atoms with van der Waals surface area (Å²) in [6.07, 6.45) is 5.02. The molecule has 0 aromatic rings. The van der Waals surface area contributed by atoms with Crippen LogP contribution in [0.15, 0.2) is 24.8 Å². The lowest BCUT2D eigenvalue weighted by atomic mass is 10.4. The molecule has 14 heavy (non-hydrogen) atoms. The Kier molecular flexibility index (Phi) is 8.53. The topological polar surface area (TPSA) is 38.7 Å². The van der Waals surface area contributed by atoms with Gasteiger partial charge < -0.3 is 14.6 Å². The molecule has 2 unspecified atom stereocenters. The summed E-state index contributed by atoms with van der Waals surface area (Å²) in [6, 6.07) is 0. The van der Waals surface area contributed by atoms with E-state index in [9.17, 15) is 0 Å². The Morgan fingerprint density at radius 2 is 2.07 bits per heavy atom. The van der Waals surface area contributed by atoms with E-state index in [2.05, 4.69) is 6.58 Å². The molecule has 0 aromatic carbocycles. The molecular weight excluding hydrogens is 180 g/mol. The molecule has 1 N–H and O–H groups in total. The number of aliphatic hydroxyl groups excluding tert-OH is 1. The molecule has 2 atom stereocenters. The van der Waals surface area contributed by atoms with Gasteiger partial charge in [-0.1, -0.05) is 24.8 Å². The van der Waals surface area contributed by atoms with Crippen molar-refractivity contribution in [2.24, 2.45) is 0 Å². The highest BCUT2D eigenvalue weighted by molar-refractivity contribution is 4.96. The maximum atomic E-state index is 8.95. The molecule has 0 aliphatic heterocycles. The average molecular weight is 200 g/mol. The highest BCUT2D eigenvalue weighted by Crippen LogP contribution is 1.94. The lowest BCUT2D eigenvalue weighted by Crippen LogP contribution is -2.21. The molecule has 0 rings (SSSR count). The van der Waals surface area contributed by atoms with Crippen LogP contribution in [0, 0.1) is 0 Å². The second kappa shape index (κ2) is 8.94. The van der Waals surface area contributed by atoms with Crippen LogP contribution in [0.25, 0.3) is 0 Å². The van der Waals surface area contributed by atoms with Crippen LogP contribution in [0.4, 0.5) is 0 Å². The molecule has 0 aliphatic carbocycles. The highest BCUT2D eigenvalue weighted by atomic mass is 16.5. The van der Waals surface area contributed by atoms with Crippen LogP contribution in [0.1, 0.15) is 13.8 Å². The molecule has 0 heterocycles. The predicted octanol–water partition coefficient (Wildman–Crippen LogP) is 1.53. The number of ether oxygens (including phenoxy) is 2. The minimum Gasteiger partial charge on any atom is -0.391 e. The number of allylic oxidation sites excluding steroid dienone is 2. The minimum atomic E-state index is -0.418. The SMILES string of the molecule is C=CC=CCOCC(C)OCC(C)O. The number of rotatable bonds is 8. The van der Waals surface area contributed by atoms with E-state index < -0.39 is 6.10 Å². The summed E-state index contributed by atoms with van der Waals surface area (Å²) < 4.78 is 10.6. The van der Waals surface area contributed by atoms with E-state index in [1.54, 1.807) is 13.0 Å². The first-order valence-corrected chi connectivity index (χ1v) is 4.81. The van der Waals surface area contributed by atoms with Gasteiger partial charge in [0.25, 0.3) is 0 Å². The third-order valence-electron chi connectivity index (χ3n) is 1.46. The van der Waals surface area contributed by atoms with Crippen LogP contribution < -0.4 is 0 Å². The maximum Gasteiger partial charge on any atom is 0.0781 e. The first kappa shape index (κ1) is 13.4. The number of aliphatic hydroxyl groups is 1. The molecule has 0 saturated heterocycles. The van der Waals surface area contributed by atoms with Crippen molar-refractivity contribution >= 4 is 0 Å². The van der Waals surface area contributed by atoms with Crippen molar-refractivity contribution in [3.8, 4) is 0 Å². The molecule has 3 nitrogen and oxygen atoms in total. The summed E-state index contributed by atoms with van der Waals surface area (Å²) in [5.74, 6) is 0. The second-order valence-corrected chi connectivity index (χ2v) is 3.19. The van der Waals surface area contributed by atoms with Crippen molar-refractivity contribution in [1.82, 2.24) is 0 Å². The van der Waals surface area contributed by atoms with Crippen LogP contribution in [0.3, 0.4) is 0 Å². The third kappa shape index (κ3) is 9.45. The van der Waals surface area contributed by atoms with Crippen molar-refractivity contribution < 1.29 is 14.6 Å². The molecule has 0 spiro atoms. The zero-order valence-electron chi connectivity index (χ0n) is 8.98. The first-order valence-electron chi connectivity index (χ1n) is 4.81. The van der Waals surface area contributed by atoms with E-state index in [-0.39, 0.29) is 6.10 Å². The van der Waals surface area contributed by atoms with E-state index in [4.69, 9.17) is 14.6 Å².